The van der Waals surface area contributed by atoms with Gasteiger partial charge in [-0.15, -0.1) is 0 Å². The molecular weight excluding hydrogens is 185 g/mol. The quantitative estimate of drug-likeness (QED) is 0.649. The van der Waals surface area contributed by atoms with Gasteiger partial charge in [0.25, 0.3) is 0 Å². The van der Waals surface area contributed by atoms with Crippen LogP contribution < -0.4 is 0 Å². The third kappa shape index (κ3) is 6.42. The van der Waals surface area contributed by atoms with Crippen molar-refractivity contribution in [3.05, 3.63) is 0 Å². The van der Waals surface area contributed by atoms with Crippen LogP contribution >= 0.6 is 0 Å². The minimum atomic E-state index is -4.43. The first-order chi connectivity index (χ1) is 5.87. The Morgan fingerprint density at radius 1 is 1.46 bits per heavy atom. The van der Waals surface area contributed by atoms with Crippen molar-refractivity contribution in [1.82, 2.24) is 0 Å². The Morgan fingerprint density at radius 3 is 2.38 bits per heavy atom. The van der Waals surface area contributed by atoms with E-state index in [0.29, 0.717) is 6.42 Å². The van der Waals surface area contributed by atoms with Gasteiger partial charge in [0.1, 0.15) is 0 Å². The molecule has 0 aliphatic rings. The lowest BCUT2D eigenvalue weighted by Crippen LogP contribution is -2.23. The summed E-state index contributed by atoms with van der Waals surface area (Å²) >= 11 is 0. The topological polar surface area (TPSA) is 26.3 Å². The molecule has 0 heterocycles. The fourth-order valence-corrected chi connectivity index (χ4v) is 0.846. The van der Waals surface area contributed by atoms with E-state index in [9.17, 15) is 18.0 Å². The Morgan fingerprint density at radius 2 is 2.00 bits per heavy atom. The molecule has 1 unspecified atom stereocenters. The Hall–Kier alpha value is -0.740. The molecule has 0 fully saturated rings. The van der Waals surface area contributed by atoms with Crippen molar-refractivity contribution in [2.45, 2.75) is 32.9 Å². The normalized spacial score (nSPS) is 13.9. The SMILES string of the molecule is CCCC(C)C(=O)OCC(F)(F)F. The van der Waals surface area contributed by atoms with Gasteiger partial charge in [-0.25, -0.2) is 0 Å². The monoisotopic (exact) mass is 198 g/mol. The van der Waals surface area contributed by atoms with E-state index in [4.69, 9.17) is 0 Å². The van der Waals surface area contributed by atoms with Crippen LogP contribution in [-0.2, 0) is 9.53 Å². The Balaban J connectivity index is 3.74. The number of carbonyl (C=O) groups excluding carboxylic acids is 1. The van der Waals surface area contributed by atoms with Crippen molar-refractivity contribution in [3.8, 4) is 0 Å². The first-order valence-electron chi connectivity index (χ1n) is 4.10. The summed E-state index contributed by atoms with van der Waals surface area (Å²) in [7, 11) is 0. The van der Waals surface area contributed by atoms with Gasteiger partial charge in [-0.1, -0.05) is 20.3 Å². The predicted molar refractivity (Wildman–Crippen MR) is 41.1 cm³/mol. The number of hydrogen-bond acceptors (Lipinski definition) is 2. The molecule has 0 rings (SSSR count). The highest BCUT2D eigenvalue weighted by Gasteiger charge is 2.30. The van der Waals surface area contributed by atoms with E-state index in [2.05, 4.69) is 4.74 Å². The van der Waals surface area contributed by atoms with E-state index in [0.717, 1.165) is 6.42 Å². The smallest absolute Gasteiger partial charge is 0.422 e. The van der Waals surface area contributed by atoms with Crippen LogP contribution in [-0.4, -0.2) is 18.8 Å². The minimum Gasteiger partial charge on any atom is -0.456 e. The molecule has 0 aromatic heterocycles. The van der Waals surface area contributed by atoms with Crippen molar-refractivity contribution < 1.29 is 22.7 Å². The molecular formula is C8H13F3O2. The molecule has 0 N–H and O–H groups in total. The summed E-state index contributed by atoms with van der Waals surface area (Å²) in [6, 6.07) is 0. The van der Waals surface area contributed by atoms with Crippen molar-refractivity contribution in [2.75, 3.05) is 6.61 Å². The number of rotatable bonds is 4. The molecule has 5 heteroatoms. The molecule has 0 aromatic carbocycles. The highest BCUT2D eigenvalue weighted by molar-refractivity contribution is 5.71. The van der Waals surface area contributed by atoms with Crippen LogP contribution in [0.4, 0.5) is 13.2 Å². The van der Waals surface area contributed by atoms with Crippen molar-refractivity contribution in [2.24, 2.45) is 5.92 Å². The lowest BCUT2D eigenvalue weighted by Gasteiger charge is -2.11. The van der Waals surface area contributed by atoms with Crippen LogP contribution in [0.5, 0.6) is 0 Å². The Kier molecular flexibility index (Phi) is 4.80. The van der Waals surface area contributed by atoms with Crippen LogP contribution in [0.25, 0.3) is 0 Å². The van der Waals surface area contributed by atoms with E-state index < -0.39 is 24.7 Å². The second-order valence-electron chi connectivity index (χ2n) is 2.91. The molecule has 0 aliphatic carbocycles. The summed E-state index contributed by atoms with van der Waals surface area (Å²) in [6.07, 6.45) is -3.12. The third-order valence-electron chi connectivity index (χ3n) is 1.50. The number of alkyl halides is 3. The van der Waals surface area contributed by atoms with E-state index in [1.165, 1.54) is 0 Å². The number of halogens is 3. The fourth-order valence-electron chi connectivity index (χ4n) is 0.846. The Labute approximate surface area is 75.1 Å². The first kappa shape index (κ1) is 12.3. The molecule has 78 valence electrons. The number of hydrogen-bond donors (Lipinski definition) is 0. The van der Waals surface area contributed by atoms with E-state index in [1.54, 1.807) is 6.92 Å². The maximum absolute atomic E-state index is 11.6. The zero-order valence-electron chi connectivity index (χ0n) is 7.65. The molecule has 13 heavy (non-hydrogen) atoms. The molecule has 2 nitrogen and oxygen atoms in total. The van der Waals surface area contributed by atoms with Crippen molar-refractivity contribution in [1.29, 1.82) is 0 Å². The van der Waals surface area contributed by atoms with Gasteiger partial charge >= 0.3 is 12.1 Å². The van der Waals surface area contributed by atoms with Gasteiger partial charge in [0, 0.05) is 0 Å². The summed E-state index contributed by atoms with van der Waals surface area (Å²) in [5.41, 5.74) is 0. The van der Waals surface area contributed by atoms with E-state index >= 15 is 0 Å². The Bertz CT molecular complexity index is 165. The standard InChI is InChI=1S/C8H13F3O2/c1-3-4-6(2)7(12)13-5-8(9,10)11/h6H,3-5H2,1-2H3. The lowest BCUT2D eigenvalue weighted by atomic mass is 10.1. The number of carbonyl (C=O) groups is 1. The van der Waals surface area contributed by atoms with Crippen LogP contribution in [0.1, 0.15) is 26.7 Å². The second kappa shape index (κ2) is 5.09. The van der Waals surface area contributed by atoms with Crippen LogP contribution in [0, 0.1) is 5.92 Å². The molecule has 1 atom stereocenters. The summed E-state index contributed by atoms with van der Waals surface area (Å²) < 4.78 is 38.8. The average Bonchev–Trinajstić information content (AvgIpc) is 1.99. The number of ether oxygens (including phenoxy) is 1. The molecule has 0 radical (unpaired) electrons. The number of esters is 1. The van der Waals surface area contributed by atoms with Crippen molar-refractivity contribution in [3.63, 3.8) is 0 Å². The highest BCUT2D eigenvalue weighted by atomic mass is 19.4. The van der Waals surface area contributed by atoms with Crippen LogP contribution in [0.15, 0.2) is 0 Å². The average molecular weight is 198 g/mol. The third-order valence-corrected chi connectivity index (χ3v) is 1.50. The molecule has 0 aromatic rings. The van der Waals surface area contributed by atoms with E-state index in [1.807, 2.05) is 6.92 Å². The van der Waals surface area contributed by atoms with Gasteiger partial charge in [-0.3, -0.25) is 4.79 Å². The van der Waals surface area contributed by atoms with Gasteiger partial charge in [-0.05, 0) is 6.42 Å². The largest absolute Gasteiger partial charge is 0.456 e. The van der Waals surface area contributed by atoms with Crippen LogP contribution in [0.3, 0.4) is 0 Å². The summed E-state index contributed by atoms with van der Waals surface area (Å²) in [6.45, 7) is 1.93. The fraction of sp³-hybridized carbons (Fsp3) is 0.875. The molecule has 0 amide bonds. The van der Waals surface area contributed by atoms with Gasteiger partial charge in [0.2, 0.25) is 0 Å². The van der Waals surface area contributed by atoms with Gasteiger partial charge in [0.05, 0.1) is 5.92 Å². The van der Waals surface area contributed by atoms with Gasteiger partial charge in [0.15, 0.2) is 6.61 Å². The maximum atomic E-state index is 11.6. The highest BCUT2D eigenvalue weighted by Crippen LogP contribution is 2.16. The molecule has 0 saturated heterocycles. The summed E-state index contributed by atoms with van der Waals surface area (Å²) in [5, 5.41) is 0. The van der Waals surface area contributed by atoms with E-state index in [-0.39, 0.29) is 0 Å². The van der Waals surface area contributed by atoms with Crippen LogP contribution in [0.2, 0.25) is 0 Å². The zero-order chi connectivity index (χ0) is 10.5. The maximum Gasteiger partial charge on any atom is 0.422 e. The predicted octanol–water partition coefficient (Wildman–Crippen LogP) is 2.53. The van der Waals surface area contributed by atoms with Crippen molar-refractivity contribution >= 4 is 5.97 Å². The summed E-state index contributed by atoms with van der Waals surface area (Å²) in [5.74, 6) is -1.23. The summed E-state index contributed by atoms with van der Waals surface area (Å²) in [4.78, 5) is 10.9. The second-order valence-corrected chi connectivity index (χ2v) is 2.91. The first-order valence-corrected chi connectivity index (χ1v) is 4.10. The minimum absolute atomic E-state index is 0.452. The molecule has 0 saturated carbocycles. The molecule has 0 bridgehead atoms. The zero-order valence-corrected chi connectivity index (χ0v) is 7.65. The molecule has 0 spiro atoms. The lowest BCUT2D eigenvalue weighted by molar-refractivity contribution is -0.188. The van der Waals surface area contributed by atoms with Gasteiger partial charge in [-0.2, -0.15) is 13.2 Å². The van der Waals surface area contributed by atoms with Gasteiger partial charge < -0.3 is 4.74 Å². The molecule has 0 aliphatic heterocycles.